The summed E-state index contributed by atoms with van der Waals surface area (Å²) in [6, 6.07) is 6.56. The van der Waals surface area contributed by atoms with Crippen molar-refractivity contribution in [3.05, 3.63) is 35.2 Å². The number of nitrogens with zero attached hydrogens (tertiary/aromatic N) is 2. The monoisotopic (exact) mass is 323 g/mol. The largest absolute Gasteiger partial charge is 0.383 e. The Morgan fingerprint density at radius 1 is 1.38 bits per heavy atom. The molecule has 0 unspecified atom stereocenters. The quantitative estimate of drug-likeness (QED) is 0.755. The molecule has 0 radical (unpaired) electrons. The molecule has 0 spiro atoms. The number of ether oxygens (including phenoxy) is 1. The second kappa shape index (κ2) is 8.48. The lowest BCUT2D eigenvalue weighted by Gasteiger charge is -2.08. The van der Waals surface area contributed by atoms with Crippen molar-refractivity contribution >= 4 is 23.3 Å². The molecule has 0 aliphatic carbocycles. The van der Waals surface area contributed by atoms with Crippen LogP contribution in [0.5, 0.6) is 0 Å². The zero-order chi connectivity index (χ0) is 15.1. The Balaban J connectivity index is 1.95. The highest BCUT2D eigenvalue weighted by molar-refractivity contribution is 8.01. The number of aryl methyl sites for hydroxylation is 2. The van der Waals surface area contributed by atoms with E-state index in [1.165, 1.54) is 27.6 Å². The van der Waals surface area contributed by atoms with E-state index in [-0.39, 0.29) is 0 Å². The normalized spacial score (nSPS) is 11.0. The summed E-state index contributed by atoms with van der Waals surface area (Å²) in [7, 11) is 1.72. The molecule has 1 aromatic heterocycles. The number of aromatic nitrogens is 2. The van der Waals surface area contributed by atoms with Crippen LogP contribution in [0.4, 0.5) is 0 Å². The minimum absolute atomic E-state index is 0.740. The molecule has 1 heterocycles. The van der Waals surface area contributed by atoms with Crippen molar-refractivity contribution in [1.29, 1.82) is 0 Å². The molecule has 1 aromatic carbocycles. The minimum Gasteiger partial charge on any atom is -0.383 e. The van der Waals surface area contributed by atoms with Gasteiger partial charge in [-0.05, 0) is 35.6 Å². The highest BCUT2D eigenvalue weighted by Gasteiger charge is 2.07. The van der Waals surface area contributed by atoms with Crippen molar-refractivity contribution in [2.45, 2.75) is 36.0 Å². The summed E-state index contributed by atoms with van der Waals surface area (Å²) < 4.78 is 10.4. The molecule has 0 saturated carbocycles. The minimum atomic E-state index is 0.740. The van der Waals surface area contributed by atoms with Crippen LogP contribution in [0.3, 0.4) is 0 Å². The van der Waals surface area contributed by atoms with Crippen LogP contribution < -0.4 is 5.32 Å². The van der Waals surface area contributed by atoms with E-state index in [0.717, 1.165) is 36.3 Å². The molecule has 114 valence electrons. The van der Waals surface area contributed by atoms with Crippen LogP contribution in [0.25, 0.3) is 0 Å². The third kappa shape index (κ3) is 5.07. The fourth-order valence-corrected chi connectivity index (χ4v) is 3.58. The number of benzene rings is 1. The molecule has 1 N–H and O–H groups in total. The number of methoxy groups -OCH3 is 1. The predicted octanol–water partition coefficient (Wildman–Crippen LogP) is 3.30. The molecular formula is C15H21N3OS2. The van der Waals surface area contributed by atoms with Gasteiger partial charge in [0.1, 0.15) is 5.82 Å². The van der Waals surface area contributed by atoms with Gasteiger partial charge in [-0.3, -0.25) is 0 Å². The Kier molecular flexibility index (Phi) is 6.63. The maximum absolute atomic E-state index is 5.02. The van der Waals surface area contributed by atoms with Gasteiger partial charge in [-0.2, -0.15) is 4.37 Å². The Hall–Kier alpha value is -0.950. The Morgan fingerprint density at radius 2 is 2.24 bits per heavy atom. The predicted molar refractivity (Wildman–Crippen MR) is 88.2 cm³/mol. The summed E-state index contributed by atoms with van der Waals surface area (Å²) in [5, 5.41) is 3.36. The fourth-order valence-electron chi connectivity index (χ4n) is 1.86. The van der Waals surface area contributed by atoms with Crippen LogP contribution in [0.2, 0.25) is 0 Å². The molecule has 21 heavy (non-hydrogen) atoms. The van der Waals surface area contributed by atoms with Gasteiger partial charge in [-0.25, -0.2) is 4.98 Å². The lowest BCUT2D eigenvalue weighted by Crippen LogP contribution is -2.18. The molecule has 2 rings (SSSR count). The molecule has 4 nitrogen and oxygen atoms in total. The molecule has 0 bridgehead atoms. The topological polar surface area (TPSA) is 47.0 Å². The third-order valence-electron chi connectivity index (χ3n) is 3.01. The van der Waals surface area contributed by atoms with Crippen LogP contribution in [0, 0.1) is 6.92 Å². The van der Waals surface area contributed by atoms with Gasteiger partial charge in [0, 0.05) is 31.5 Å². The molecular weight excluding hydrogens is 302 g/mol. The first-order chi connectivity index (χ1) is 10.2. The molecule has 0 fully saturated rings. The second-order valence-electron chi connectivity index (χ2n) is 4.70. The van der Waals surface area contributed by atoms with Crippen LogP contribution in [0.15, 0.2) is 27.4 Å². The van der Waals surface area contributed by atoms with E-state index < -0.39 is 0 Å². The van der Waals surface area contributed by atoms with E-state index in [1.807, 2.05) is 0 Å². The van der Waals surface area contributed by atoms with Crippen molar-refractivity contribution in [3.63, 3.8) is 0 Å². The van der Waals surface area contributed by atoms with Gasteiger partial charge in [0.05, 0.1) is 6.61 Å². The van der Waals surface area contributed by atoms with Crippen LogP contribution in [-0.4, -0.2) is 29.6 Å². The van der Waals surface area contributed by atoms with E-state index >= 15 is 0 Å². The van der Waals surface area contributed by atoms with E-state index in [9.17, 15) is 0 Å². The van der Waals surface area contributed by atoms with Crippen molar-refractivity contribution in [3.8, 4) is 0 Å². The summed E-state index contributed by atoms with van der Waals surface area (Å²) in [4.78, 5) is 5.75. The van der Waals surface area contributed by atoms with Crippen molar-refractivity contribution in [1.82, 2.24) is 14.7 Å². The first kappa shape index (κ1) is 16.4. The Labute approximate surface area is 134 Å². The van der Waals surface area contributed by atoms with Gasteiger partial charge < -0.3 is 10.1 Å². The summed E-state index contributed by atoms with van der Waals surface area (Å²) in [6.07, 6.45) is 0.891. The van der Waals surface area contributed by atoms with Crippen molar-refractivity contribution in [2.75, 3.05) is 20.3 Å². The summed E-state index contributed by atoms with van der Waals surface area (Å²) >= 11 is 3.17. The van der Waals surface area contributed by atoms with Gasteiger partial charge in [-0.1, -0.05) is 30.8 Å². The van der Waals surface area contributed by atoms with E-state index in [2.05, 4.69) is 46.7 Å². The lowest BCUT2D eigenvalue weighted by atomic mass is 10.1. The maximum Gasteiger partial charge on any atom is 0.174 e. The van der Waals surface area contributed by atoms with Crippen LogP contribution >= 0.6 is 23.3 Å². The highest BCUT2D eigenvalue weighted by Crippen LogP contribution is 2.31. The van der Waals surface area contributed by atoms with Gasteiger partial charge in [0.25, 0.3) is 0 Å². The molecule has 0 aliphatic rings. The second-order valence-corrected chi connectivity index (χ2v) is 6.74. The summed E-state index contributed by atoms with van der Waals surface area (Å²) in [6.45, 7) is 6.70. The standard InChI is InChI=1S/C15H21N3OS2/c1-4-14-17-15(21-18-14)20-13-6-5-12(9-11(13)2)10-16-7-8-19-3/h5-6,9,16H,4,7-8,10H2,1-3H3. The van der Waals surface area contributed by atoms with Crippen LogP contribution in [0.1, 0.15) is 23.9 Å². The molecule has 0 saturated heterocycles. The first-order valence-electron chi connectivity index (χ1n) is 7.02. The first-order valence-corrected chi connectivity index (χ1v) is 8.61. The van der Waals surface area contributed by atoms with Crippen molar-refractivity contribution in [2.24, 2.45) is 0 Å². The number of hydrogen-bond donors (Lipinski definition) is 1. The zero-order valence-corrected chi connectivity index (χ0v) is 14.3. The SMILES string of the molecule is CCc1nsc(Sc2ccc(CNCCOC)cc2C)n1. The van der Waals surface area contributed by atoms with Gasteiger partial charge in [0.15, 0.2) is 4.34 Å². The fraction of sp³-hybridized carbons (Fsp3) is 0.467. The lowest BCUT2D eigenvalue weighted by molar-refractivity contribution is 0.199. The smallest absolute Gasteiger partial charge is 0.174 e. The van der Waals surface area contributed by atoms with E-state index in [0.29, 0.717) is 0 Å². The zero-order valence-electron chi connectivity index (χ0n) is 12.7. The van der Waals surface area contributed by atoms with Crippen LogP contribution in [-0.2, 0) is 17.7 Å². The Morgan fingerprint density at radius 3 is 2.90 bits per heavy atom. The molecule has 0 atom stereocenters. The van der Waals surface area contributed by atoms with Gasteiger partial charge >= 0.3 is 0 Å². The van der Waals surface area contributed by atoms with Gasteiger partial charge in [-0.15, -0.1) is 0 Å². The number of rotatable bonds is 8. The van der Waals surface area contributed by atoms with Crippen molar-refractivity contribution < 1.29 is 4.74 Å². The molecule has 2 aromatic rings. The summed E-state index contributed by atoms with van der Waals surface area (Å²) in [5.41, 5.74) is 2.57. The average Bonchev–Trinajstić information content (AvgIpc) is 2.94. The third-order valence-corrected chi connectivity index (χ3v) is 4.98. The summed E-state index contributed by atoms with van der Waals surface area (Å²) in [5.74, 6) is 0.930. The Bertz CT molecular complexity index is 572. The molecule has 0 amide bonds. The van der Waals surface area contributed by atoms with E-state index in [1.54, 1.807) is 18.9 Å². The van der Waals surface area contributed by atoms with E-state index in [4.69, 9.17) is 4.74 Å². The average molecular weight is 323 g/mol. The molecule has 6 heteroatoms. The highest BCUT2D eigenvalue weighted by atomic mass is 32.2. The maximum atomic E-state index is 5.02. The number of nitrogens with one attached hydrogen (secondary N) is 1. The molecule has 0 aliphatic heterocycles. The number of hydrogen-bond acceptors (Lipinski definition) is 6. The van der Waals surface area contributed by atoms with Gasteiger partial charge in [0.2, 0.25) is 0 Å².